The second-order valence-electron chi connectivity index (χ2n) is 4.19. The predicted octanol–water partition coefficient (Wildman–Crippen LogP) is 0.479. The number of hydrogen-bond donors (Lipinski definition) is 2. The minimum atomic E-state index is -3.38. The van der Waals surface area contributed by atoms with Gasteiger partial charge in [0.2, 0.25) is 0 Å². The topological polar surface area (TPSA) is 74.3 Å². The van der Waals surface area contributed by atoms with Crippen LogP contribution in [0.1, 0.15) is 5.01 Å². The van der Waals surface area contributed by atoms with Crippen molar-refractivity contribution in [2.75, 3.05) is 39.3 Å². The fourth-order valence-electron chi connectivity index (χ4n) is 1.81. The first-order valence-electron chi connectivity index (χ1n) is 5.93. The van der Waals surface area contributed by atoms with E-state index in [1.54, 1.807) is 6.92 Å². The number of halogens is 2. The van der Waals surface area contributed by atoms with Crippen molar-refractivity contribution < 1.29 is 8.42 Å². The van der Waals surface area contributed by atoms with E-state index in [4.69, 9.17) is 0 Å². The molecule has 2 N–H and O–H groups in total. The number of aryl methyl sites for hydroxylation is 1. The molecule has 1 aliphatic heterocycles. The van der Waals surface area contributed by atoms with E-state index in [2.05, 4.69) is 19.9 Å². The molecule has 0 amide bonds. The zero-order valence-electron chi connectivity index (χ0n) is 11.2. The summed E-state index contributed by atoms with van der Waals surface area (Å²) < 4.78 is 26.7. The molecule has 10 heteroatoms. The van der Waals surface area contributed by atoms with Crippen molar-refractivity contribution in [3.63, 3.8) is 0 Å². The lowest BCUT2D eigenvalue weighted by atomic mass is 10.3. The lowest BCUT2D eigenvalue weighted by Gasteiger charge is -2.26. The molecule has 1 fully saturated rings. The Morgan fingerprint density at radius 2 is 2.05 bits per heavy atom. The minimum Gasteiger partial charge on any atom is -0.314 e. The minimum absolute atomic E-state index is 0. The fraction of sp³-hybridized carbons (Fsp3) is 0.700. The monoisotopic (exact) mass is 362 g/mol. The highest BCUT2D eigenvalue weighted by Crippen LogP contribution is 2.17. The van der Waals surface area contributed by atoms with Crippen LogP contribution < -0.4 is 10.0 Å². The maximum absolute atomic E-state index is 11.9. The maximum atomic E-state index is 11.9. The van der Waals surface area contributed by atoms with Gasteiger partial charge in [0.1, 0.15) is 0 Å². The van der Waals surface area contributed by atoms with Gasteiger partial charge in [-0.3, -0.25) is 4.90 Å². The van der Waals surface area contributed by atoms with E-state index in [9.17, 15) is 8.42 Å². The molecule has 0 unspecified atom stereocenters. The molecular weight excluding hydrogens is 343 g/mol. The molecule has 20 heavy (non-hydrogen) atoms. The van der Waals surface area contributed by atoms with Gasteiger partial charge in [0.15, 0.2) is 4.21 Å². The number of aromatic nitrogens is 1. The largest absolute Gasteiger partial charge is 0.314 e. The number of thiazole rings is 1. The molecule has 0 aromatic carbocycles. The van der Waals surface area contributed by atoms with E-state index in [1.807, 2.05) is 0 Å². The van der Waals surface area contributed by atoms with Gasteiger partial charge < -0.3 is 5.32 Å². The van der Waals surface area contributed by atoms with Crippen LogP contribution in [0.25, 0.3) is 0 Å². The van der Waals surface area contributed by atoms with Gasteiger partial charge in [-0.25, -0.2) is 18.1 Å². The molecule has 0 spiro atoms. The maximum Gasteiger partial charge on any atom is 0.251 e. The van der Waals surface area contributed by atoms with Crippen LogP contribution in [0, 0.1) is 6.92 Å². The third-order valence-electron chi connectivity index (χ3n) is 2.79. The van der Waals surface area contributed by atoms with Crippen molar-refractivity contribution in [2.45, 2.75) is 11.1 Å². The molecule has 0 aliphatic carbocycles. The summed E-state index contributed by atoms with van der Waals surface area (Å²) in [6, 6.07) is 0. The molecule has 0 saturated carbocycles. The first-order chi connectivity index (χ1) is 8.58. The number of hydrogen-bond acceptors (Lipinski definition) is 6. The second-order valence-corrected chi connectivity index (χ2v) is 7.42. The standard InChI is InChI=1S/C10H18N4O2S2.2ClH/c1-9-12-8-10(17-9)18(15,16)13-4-7-14-5-2-11-3-6-14;;/h8,11,13H,2-7H2,1H3;2*1H. The highest BCUT2D eigenvalue weighted by atomic mass is 35.5. The van der Waals surface area contributed by atoms with E-state index in [-0.39, 0.29) is 24.8 Å². The molecule has 1 aliphatic rings. The molecule has 0 bridgehead atoms. The summed E-state index contributed by atoms with van der Waals surface area (Å²) in [7, 11) is -3.38. The Morgan fingerprint density at radius 3 is 2.60 bits per heavy atom. The van der Waals surface area contributed by atoms with E-state index < -0.39 is 10.0 Å². The van der Waals surface area contributed by atoms with E-state index in [1.165, 1.54) is 17.5 Å². The van der Waals surface area contributed by atoms with Gasteiger partial charge in [-0.15, -0.1) is 36.2 Å². The van der Waals surface area contributed by atoms with E-state index in [0.29, 0.717) is 10.8 Å². The van der Waals surface area contributed by atoms with Gasteiger partial charge in [-0.1, -0.05) is 0 Å². The van der Waals surface area contributed by atoms with Gasteiger partial charge in [-0.05, 0) is 6.92 Å². The summed E-state index contributed by atoms with van der Waals surface area (Å²) in [5.41, 5.74) is 0. The van der Waals surface area contributed by atoms with Crippen molar-refractivity contribution in [2.24, 2.45) is 0 Å². The SMILES string of the molecule is Cc1ncc(S(=O)(=O)NCCN2CCNCC2)s1.Cl.Cl. The Balaban J connectivity index is 0.00000180. The molecular formula is C10H20Cl2N4O2S2. The molecule has 0 atom stereocenters. The Morgan fingerprint density at radius 1 is 1.40 bits per heavy atom. The lowest BCUT2D eigenvalue weighted by molar-refractivity contribution is 0.245. The molecule has 1 aromatic heterocycles. The molecule has 0 radical (unpaired) electrons. The summed E-state index contributed by atoms with van der Waals surface area (Å²) in [6.07, 6.45) is 1.41. The van der Waals surface area contributed by atoms with Crippen molar-refractivity contribution in [3.8, 4) is 0 Å². The number of nitrogens with zero attached hydrogens (tertiary/aromatic N) is 2. The zero-order valence-corrected chi connectivity index (χ0v) is 14.4. The fourth-order valence-corrected chi connectivity index (χ4v) is 3.98. The third-order valence-corrected chi connectivity index (χ3v) is 5.63. The van der Waals surface area contributed by atoms with Crippen LogP contribution in [0.4, 0.5) is 0 Å². The van der Waals surface area contributed by atoms with Crippen LogP contribution in [-0.4, -0.2) is 57.6 Å². The number of sulfonamides is 1. The summed E-state index contributed by atoms with van der Waals surface area (Å²) in [5.74, 6) is 0. The second kappa shape index (κ2) is 9.14. The van der Waals surface area contributed by atoms with Gasteiger partial charge in [-0.2, -0.15) is 0 Å². The molecule has 2 rings (SSSR count). The predicted molar refractivity (Wildman–Crippen MR) is 85.8 cm³/mol. The molecule has 2 heterocycles. The van der Waals surface area contributed by atoms with Crippen molar-refractivity contribution in [3.05, 3.63) is 11.2 Å². The normalized spacial score (nSPS) is 16.2. The first kappa shape index (κ1) is 20.0. The van der Waals surface area contributed by atoms with Crippen LogP contribution in [0.2, 0.25) is 0 Å². The molecule has 118 valence electrons. The molecule has 1 aromatic rings. The number of nitrogens with one attached hydrogen (secondary N) is 2. The summed E-state index contributed by atoms with van der Waals surface area (Å²) in [4.78, 5) is 6.21. The van der Waals surface area contributed by atoms with E-state index >= 15 is 0 Å². The van der Waals surface area contributed by atoms with Crippen LogP contribution in [0.15, 0.2) is 10.4 Å². The Kier molecular flexibility index (Phi) is 9.16. The summed E-state index contributed by atoms with van der Waals surface area (Å²) in [5, 5.41) is 4.02. The van der Waals surface area contributed by atoms with E-state index in [0.717, 1.165) is 37.7 Å². The van der Waals surface area contributed by atoms with Crippen LogP contribution in [-0.2, 0) is 10.0 Å². The van der Waals surface area contributed by atoms with Crippen molar-refractivity contribution >= 4 is 46.2 Å². The summed E-state index contributed by atoms with van der Waals surface area (Å²) in [6.45, 7) is 6.88. The van der Waals surface area contributed by atoms with Crippen molar-refractivity contribution in [1.82, 2.24) is 19.9 Å². The zero-order chi connectivity index (χ0) is 13.0. The molecule has 1 saturated heterocycles. The smallest absolute Gasteiger partial charge is 0.251 e. The van der Waals surface area contributed by atoms with Gasteiger partial charge in [0, 0.05) is 39.3 Å². The highest BCUT2D eigenvalue weighted by Gasteiger charge is 2.17. The summed E-state index contributed by atoms with van der Waals surface area (Å²) >= 11 is 1.20. The number of rotatable bonds is 5. The van der Waals surface area contributed by atoms with Gasteiger partial charge >= 0.3 is 0 Å². The molecule has 6 nitrogen and oxygen atoms in total. The first-order valence-corrected chi connectivity index (χ1v) is 8.23. The average molecular weight is 363 g/mol. The Bertz CT molecular complexity index is 489. The lowest BCUT2D eigenvalue weighted by Crippen LogP contribution is -2.46. The van der Waals surface area contributed by atoms with Crippen LogP contribution in [0.3, 0.4) is 0 Å². The average Bonchev–Trinajstić information content (AvgIpc) is 2.78. The van der Waals surface area contributed by atoms with Crippen molar-refractivity contribution in [1.29, 1.82) is 0 Å². The van der Waals surface area contributed by atoms with Crippen LogP contribution in [0.5, 0.6) is 0 Å². The third kappa shape index (κ3) is 5.80. The Hall–Kier alpha value is 0.0400. The Labute approximate surface area is 136 Å². The van der Waals surface area contributed by atoms with Crippen LogP contribution >= 0.6 is 36.2 Å². The van der Waals surface area contributed by atoms with Gasteiger partial charge in [0.25, 0.3) is 10.0 Å². The van der Waals surface area contributed by atoms with Gasteiger partial charge in [0.05, 0.1) is 11.2 Å². The number of piperazine rings is 1. The highest BCUT2D eigenvalue weighted by molar-refractivity contribution is 7.91. The quantitative estimate of drug-likeness (QED) is 0.796.